The van der Waals surface area contributed by atoms with Crippen molar-refractivity contribution >= 4 is 12.3 Å². The number of esters is 1. The standard InChI is InChI=1S/C12H15NO7/c14-5-8(16)10(17)11(18)9(6-15)20-12(19)7-2-1-3-13-4-7/h1-4,6,8-11,14,16-18H,5H2/t8-,9+,10-,11-/m1/s1. The molecule has 0 spiro atoms. The van der Waals surface area contributed by atoms with Crippen molar-refractivity contribution in [3.05, 3.63) is 30.1 Å². The van der Waals surface area contributed by atoms with Gasteiger partial charge in [-0.3, -0.25) is 9.78 Å². The molecule has 0 aliphatic rings. The molecule has 20 heavy (non-hydrogen) atoms. The molecule has 4 atom stereocenters. The monoisotopic (exact) mass is 285 g/mol. The van der Waals surface area contributed by atoms with Crippen LogP contribution >= 0.6 is 0 Å². The molecular weight excluding hydrogens is 270 g/mol. The van der Waals surface area contributed by atoms with Gasteiger partial charge in [-0.15, -0.1) is 0 Å². The van der Waals surface area contributed by atoms with E-state index in [9.17, 15) is 19.8 Å². The third-order valence-electron chi connectivity index (χ3n) is 2.54. The minimum absolute atomic E-state index is 0.0590. The average Bonchev–Trinajstić information content (AvgIpc) is 2.50. The Kier molecular flexibility index (Phi) is 6.19. The number of aliphatic hydroxyl groups is 4. The van der Waals surface area contributed by atoms with Gasteiger partial charge in [0.15, 0.2) is 12.4 Å². The van der Waals surface area contributed by atoms with Crippen LogP contribution in [-0.4, -0.2) is 68.7 Å². The number of aldehydes is 1. The van der Waals surface area contributed by atoms with Crippen molar-refractivity contribution in [2.45, 2.75) is 24.4 Å². The Morgan fingerprint density at radius 3 is 2.55 bits per heavy atom. The van der Waals surface area contributed by atoms with Crippen molar-refractivity contribution in [3.8, 4) is 0 Å². The molecule has 0 fully saturated rings. The topological polar surface area (TPSA) is 137 Å². The highest BCUT2D eigenvalue weighted by Gasteiger charge is 2.33. The molecule has 0 amide bonds. The fourth-order valence-corrected chi connectivity index (χ4v) is 1.38. The summed E-state index contributed by atoms with van der Waals surface area (Å²) in [7, 11) is 0. The van der Waals surface area contributed by atoms with Crippen molar-refractivity contribution in [1.82, 2.24) is 4.98 Å². The van der Waals surface area contributed by atoms with Crippen molar-refractivity contribution in [2.24, 2.45) is 0 Å². The first-order valence-corrected chi connectivity index (χ1v) is 5.72. The molecule has 4 N–H and O–H groups in total. The number of hydrogen-bond donors (Lipinski definition) is 4. The molecule has 0 aliphatic carbocycles. The minimum Gasteiger partial charge on any atom is -0.448 e. The molecule has 1 aromatic rings. The van der Waals surface area contributed by atoms with E-state index < -0.39 is 37.0 Å². The van der Waals surface area contributed by atoms with E-state index in [0.29, 0.717) is 0 Å². The van der Waals surface area contributed by atoms with Gasteiger partial charge < -0.3 is 25.2 Å². The molecule has 0 bridgehead atoms. The molecule has 1 heterocycles. The lowest BCUT2D eigenvalue weighted by Crippen LogP contribution is -2.48. The van der Waals surface area contributed by atoms with Gasteiger partial charge in [-0.25, -0.2) is 4.79 Å². The van der Waals surface area contributed by atoms with Crippen molar-refractivity contribution in [2.75, 3.05) is 6.61 Å². The zero-order valence-corrected chi connectivity index (χ0v) is 10.4. The summed E-state index contributed by atoms with van der Waals surface area (Å²) in [4.78, 5) is 26.2. The van der Waals surface area contributed by atoms with E-state index >= 15 is 0 Å². The van der Waals surface area contributed by atoms with Crippen molar-refractivity contribution in [1.29, 1.82) is 0 Å². The number of carbonyl (C=O) groups is 2. The summed E-state index contributed by atoms with van der Waals surface area (Å²) >= 11 is 0. The fourth-order valence-electron chi connectivity index (χ4n) is 1.38. The zero-order valence-electron chi connectivity index (χ0n) is 10.4. The number of pyridine rings is 1. The highest BCUT2D eigenvalue weighted by atomic mass is 16.6. The van der Waals surface area contributed by atoms with Gasteiger partial charge in [-0.2, -0.15) is 0 Å². The fraction of sp³-hybridized carbons (Fsp3) is 0.417. The number of hydrogen-bond acceptors (Lipinski definition) is 8. The second kappa shape index (κ2) is 7.65. The largest absolute Gasteiger partial charge is 0.448 e. The van der Waals surface area contributed by atoms with Crippen molar-refractivity contribution in [3.63, 3.8) is 0 Å². The summed E-state index contributed by atoms with van der Waals surface area (Å²) in [6.45, 7) is -0.819. The van der Waals surface area contributed by atoms with Crippen LogP contribution in [0.2, 0.25) is 0 Å². The first-order valence-electron chi connectivity index (χ1n) is 5.72. The Bertz CT molecular complexity index is 439. The predicted octanol–water partition coefficient (Wildman–Crippen LogP) is -2.12. The van der Waals surface area contributed by atoms with E-state index in [1.54, 1.807) is 0 Å². The minimum atomic E-state index is -1.87. The summed E-state index contributed by atoms with van der Waals surface area (Å²) in [6.07, 6.45) is -4.29. The predicted molar refractivity (Wildman–Crippen MR) is 64.6 cm³/mol. The van der Waals surface area contributed by atoms with Crippen LogP contribution in [0.1, 0.15) is 10.4 Å². The van der Waals surface area contributed by atoms with E-state index in [-0.39, 0.29) is 11.8 Å². The second-order valence-electron chi connectivity index (χ2n) is 3.98. The number of nitrogens with zero attached hydrogens (tertiary/aromatic N) is 1. The van der Waals surface area contributed by atoms with Crippen LogP contribution in [0.15, 0.2) is 24.5 Å². The highest BCUT2D eigenvalue weighted by Crippen LogP contribution is 2.09. The lowest BCUT2D eigenvalue weighted by Gasteiger charge is -2.25. The molecule has 8 heteroatoms. The van der Waals surface area contributed by atoms with Crippen LogP contribution in [0.25, 0.3) is 0 Å². The van der Waals surface area contributed by atoms with E-state index in [1.807, 2.05) is 0 Å². The molecule has 0 saturated carbocycles. The van der Waals surface area contributed by atoms with E-state index in [0.717, 1.165) is 0 Å². The molecule has 1 rings (SSSR count). The molecule has 8 nitrogen and oxygen atoms in total. The molecule has 110 valence electrons. The molecule has 0 aliphatic heterocycles. The van der Waals surface area contributed by atoms with Crippen LogP contribution in [0, 0.1) is 0 Å². The molecule has 1 aromatic heterocycles. The molecule has 0 saturated heterocycles. The van der Waals surface area contributed by atoms with Gasteiger partial charge in [0.1, 0.15) is 18.3 Å². The second-order valence-corrected chi connectivity index (χ2v) is 3.98. The maximum atomic E-state index is 11.7. The molecular formula is C12H15NO7. The Morgan fingerprint density at radius 1 is 1.35 bits per heavy atom. The van der Waals surface area contributed by atoms with Gasteiger partial charge in [-0.1, -0.05) is 0 Å². The summed E-state index contributed by atoms with van der Waals surface area (Å²) in [5, 5.41) is 36.9. The highest BCUT2D eigenvalue weighted by molar-refractivity contribution is 5.90. The van der Waals surface area contributed by atoms with Crippen LogP contribution < -0.4 is 0 Å². The Balaban J connectivity index is 2.72. The number of rotatable bonds is 7. The van der Waals surface area contributed by atoms with Crippen LogP contribution in [0.3, 0.4) is 0 Å². The summed E-state index contributed by atoms with van der Waals surface area (Å²) in [5.74, 6) is -0.917. The number of aliphatic hydroxyl groups excluding tert-OH is 4. The Hall–Kier alpha value is -1.87. The average molecular weight is 285 g/mol. The van der Waals surface area contributed by atoms with E-state index in [2.05, 4.69) is 4.98 Å². The number of ether oxygens (including phenoxy) is 1. The third kappa shape index (κ3) is 4.07. The smallest absolute Gasteiger partial charge is 0.340 e. The third-order valence-corrected chi connectivity index (χ3v) is 2.54. The van der Waals surface area contributed by atoms with Gasteiger partial charge in [-0.05, 0) is 12.1 Å². The molecule has 0 unspecified atom stereocenters. The first-order chi connectivity index (χ1) is 9.51. The maximum Gasteiger partial charge on any atom is 0.340 e. The van der Waals surface area contributed by atoms with Gasteiger partial charge in [0.25, 0.3) is 0 Å². The summed E-state index contributed by atoms with van der Waals surface area (Å²) in [5.41, 5.74) is 0.0590. The van der Waals surface area contributed by atoms with E-state index in [4.69, 9.17) is 14.9 Å². The maximum absolute atomic E-state index is 11.7. The van der Waals surface area contributed by atoms with Crippen molar-refractivity contribution < 1.29 is 34.8 Å². The van der Waals surface area contributed by atoms with Crippen LogP contribution in [0.4, 0.5) is 0 Å². The van der Waals surface area contributed by atoms with Crippen LogP contribution in [0.5, 0.6) is 0 Å². The first kappa shape index (κ1) is 16.2. The number of carbonyl (C=O) groups excluding carboxylic acids is 2. The summed E-state index contributed by atoms with van der Waals surface area (Å²) < 4.78 is 4.71. The van der Waals surface area contributed by atoms with Gasteiger partial charge in [0, 0.05) is 12.4 Å². The Morgan fingerprint density at radius 2 is 2.05 bits per heavy atom. The quantitative estimate of drug-likeness (QED) is 0.329. The van der Waals surface area contributed by atoms with Crippen LogP contribution in [-0.2, 0) is 9.53 Å². The van der Waals surface area contributed by atoms with Gasteiger partial charge in [0.05, 0.1) is 12.2 Å². The lowest BCUT2D eigenvalue weighted by atomic mass is 10.0. The number of aromatic nitrogens is 1. The SMILES string of the molecule is O=C[C@H](OC(=O)c1cccnc1)[C@@H](O)[C@H](O)[C@H](O)CO. The normalized spacial score (nSPS) is 16.8. The van der Waals surface area contributed by atoms with E-state index in [1.165, 1.54) is 24.5 Å². The summed E-state index contributed by atoms with van der Waals surface area (Å²) in [6, 6.07) is 2.87. The van der Waals surface area contributed by atoms with Gasteiger partial charge in [0.2, 0.25) is 0 Å². The molecule has 0 aromatic carbocycles. The molecule has 0 radical (unpaired) electrons. The lowest BCUT2D eigenvalue weighted by molar-refractivity contribution is -0.138. The van der Waals surface area contributed by atoms with Gasteiger partial charge >= 0.3 is 5.97 Å². The Labute approximate surface area is 114 Å². The zero-order chi connectivity index (χ0) is 15.1.